The Bertz CT molecular complexity index is 806. The Labute approximate surface area is 167 Å². The molecule has 1 N–H and O–H groups in total. The van der Waals surface area contributed by atoms with Crippen LogP contribution in [0.3, 0.4) is 0 Å². The number of nitrogens with zero attached hydrogens (tertiary/aromatic N) is 1. The van der Waals surface area contributed by atoms with Gasteiger partial charge in [0.25, 0.3) is 5.91 Å². The minimum Gasteiger partial charge on any atom is -0.490 e. The van der Waals surface area contributed by atoms with Crippen molar-refractivity contribution in [2.75, 3.05) is 31.2 Å². The van der Waals surface area contributed by atoms with Crippen LogP contribution >= 0.6 is 0 Å². The number of hydrogen-bond acceptors (Lipinski definition) is 4. The summed E-state index contributed by atoms with van der Waals surface area (Å²) in [6, 6.07) is 14.4. The third kappa shape index (κ3) is 4.58. The van der Waals surface area contributed by atoms with Crippen LogP contribution in [-0.4, -0.2) is 38.3 Å². The van der Waals surface area contributed by atoms with Gasteiger partial charge in [-0.05, 0) is 63.4 Å². The largest absolute Gasteiger partial charge is 0.490 e. The smallest absolute Gasteiger partial charge is 0.251 e. The molecule has 0 bridgehead atoms. The van der Waals surface area contributed by atoms with Gasteiger partial charge in [-0.1, -0.05) is 18.2 Å². The Morgan fingerprint density at radius 2 is 1.86 bits per heavy atom. The van der Waals surface area contributed by atoms with E-state index in [4.69, 9.17) is 9.47 Å². The fraction of sp³-hybridized carbons (Fsp3) is 0.435. The minimum atomic E-state index is -0.0844. The summed E-state index contributed by atoms with van der Waals surface area (Å²) in [7, 11) is 0. The van der Waals surface area contributed by atoms with Crippen LogP contribution in [0.15, 0.2) is 42.5 Å². The molecule has 150 valence electrons. The van der Waals surface area contributed by atoms with Crippen LogP contribution in [0.5, 0.6) is 11.5 Å². The first-order valence-electron chi connectivity index (χ1n) is 10.2. The first kappa shape index (κ1) is 20.1. The second-order valence-corrected chi connectivity index (χ2v) is 7.01. The molecular weight excluding hydrogens is 352 g/mol. The molecule has 0 spiro atoms. The zero-order valence-electron chi connectivity index (χ0n) is 17.0. The van der Waals surface area contributed by atoms with E-state index in [1.807, 2.05) is 13.8 Å². The van der Waals surface area contributed by atoms with Gasteiger partial charge in [0, 0.05) is 30.4 Å². The molecule has 28 heavy (non-hydrogen) atoms. The van der Waals surface area contributed by atoms with Gasteiger partial charge in [-0.2, -0.15) is 0 Å². The molecule has 1 heterocycles. The summed E-state index contributed by atoms with van der Waals surface area (Å²) in [4.78, 5) is 14.9. The van der Waals surface area contributed by atoms with Crippen LogP contribution in [0.1, 0.15) is 43.1 Å². The van der Waals surface area contributed by atoms with E-state index in [1.165, 1.54) is 11.3 Å². The summed E-state index contributed by atoms with van der Waals surface area (Å²) in [5.74, 6) is 1.20. The predicted molar refractivity (Wildman–Crippen MR) is 113 cm³/mol. The summed E-state index contributed by atoms with van der Waals surface area (Å²) in [6.45, 7) is 8.77. The van der Waals surface area contributed by atoms with E-state index < -0.39 is 0 Å². The van der Waals surface area contributed by atoms with Gasteiger partial charge < -0.3 is 19.7 Å². The first-order valence-corrected chi connectivity index (χ1v) is 10.2. The van der Waals surface area contributed by atoms with E-state index in [2.05, 4.69) is 41.4 Å². The summed E-state index contributed by atoms with van der Waals surface area (Å²) < 4.78 is 11.2. The van der Waals surface area contributed by atoms with Crippen molar-refractivity contribution in [1.82, 2.24) is 5.32 Å². The van der Waals surface area contributed by atoms with Crippen LogP contribution in [0, 0.1) is 0 Å². The molecule has 5 heteroatoms. The number of para-hydroxylation sites is 1. The average Bonchev–Trinajstić information content (AvgIpc) is 3.02. The molecule has 1 amide bonds. The molecule has 0 aliphatic carbocycles. The number of hydrogen-bond donors (Lipinski definition) is 1. The third-order valence-electron chi connectivity index (χ3n) is 5.02. The third-order valence-corrected chi connectivity index (χ3v) is 5.02. The molecule has 0 radical (unpaired) electrons. The Kier molecular flexibility index (Phi) is 6.80. The van der Waals surface area contributed by atoms with Crippen LogP contribution in [0.4, 0.5) is 5.69 Å². The highest BCUT2D eigenvalue weighted by molar-refractivity contribution is 5.94. The molecule has 1 aliphatic rings. The molecule has 2 aromatic carbocycles. The molecule has 0 saturated carbocycles. The number of benzene rings is 2. The Hall–Kier alpha value is -2.69. The number of ether oxygens (including phenoxy) is 2. The molecule has 5 nitrogen and oxygen atoms in total. The molecule has 0 saturated heterocycles. The summed E-state index contributed by atoms with van der Waals surface area (Å²) >= 11 is 0. The molecule has 1 aliphatic heterocycles. The maximum absolute atomic E-state index is 12.5. The fourth-order valence-electron chi connectivity index (χ4n) is 3.72. The van der Waals surface area contributed by atoms with Crippen molar-refractivity contribution in [3.8, 4) is 11.5 Å². The highest BCUT2D eigenvalue weighted by Crippen LogP contribution is 2.31. The number of carbonyl (C=O) groups excluding carboxylic acids is 1. The highest BCUT2D eigenvalue weighted by Gasteiger charge is 2.24. The van der Waals surface area contributed by atoms with Crippen molar-refractivity contribution in [1.29, 1.82) is 0 Å². The van der Waals surface area contributed by atoms with Gasteiger partial charge in [0.05, 0.1) is 13.2 Å². The molecule has 0 unspecified atom stereocenters. The molecule has 1 atom stereocenters. The minimum absolute atomic E-state index is 0.0844. The van der Waals surface area contributed by atoms with E-state index in [0.29, 0.717) is 42.9 Å². The van der Waals surface area contributed by atoms with E-state index >= 15 is 0 Å². The lowest BCUT2D eigenvalue weighted by Gasteiger charge is -2.25. The topological polar surface area (TPSA) is 50.8 Å². The molecule has 3 rings (SSSR count). The second kappa shape index (κ2) is 9.49. The SMILES string of the molecule is CCOc1ccc(C(=O)NCCCN2c3ccccc3C[C@H]2C)cc1OCC. The quantitative estimate of drug-likeness (QED) is 0.665. The molecule has 0 aromatic heterocycles. The lowest BCUT2D eigenvalue weighted by atomic mass is 10.1. The van der Waals surface area contributed by atoms with E-state index in [1.54, 1.807) is 18.2 Å². The molecular formula is C23H30N2O3. The Morgan fingerprint density at radius 1 is 1.11 bits per heavy atom. The number of anilines is 1. The highest BCUT2D eigenvalue weighted by atomic mass is 16.5. The van der Waals surface area contributed by atoms with Crippen LogP contribution in [0.25, 0.3) is 0 Å². The van der Waals surface area contributed by atoms with Crippen molar-refractivity contribution in [2.24, 2.45) is 0 Å². The molecule has 2 aromatic rings. The maximum atomic E-state index is 12.5. The number of fused-ring (bicyclic) bond motifs is 1. The second-order valence-electron chi connectivity index (χ2n) is 7.01. The maximum Gasteiger partial charge on any atom is 0.251 e. The zero-order valence-corrected chi connectivity index (χ0v) is 17.0. The standard InChI is InChI=1S/C23H30N2O3/c1-4-27-21-12-11-19(16-22(21)28-5-2)23(26)24-13-8-14-25-17(3)15-18-9-6-7-10-20(18)25/h6-7,9-12,16-17H,4-5,8,13-15H2,1-3H3,(H,24,26)/t17-/m1/s1. The monoisotopic (exact) mass is 382 g/mol. The number of amides is 1. The number of carbonyl (C=O) groups is 1. The number of rotatable bonds is 9. The summed E-state index contributed by atoms with van der Waals surface area (Å²) in [6.07, 6.45) is 1.99. The normalized spacial score (nSPS) is 15.2. The van der Waals surface area contributed by atoms with Gasteiger partial charge in [-0.3, -0.25) is 4.79 Å². The van der Waals surface area contributed by atoms with Gasteiger partial charge in [0.1, 0.15) is 0 Å². The fourth-order valence-corrected chi connectivity index (χ4v) is 3.72. The average molecular weight is 383 g/mol. The Balaban J connectivity index is 1.53. The van der Waals surface area contributed by atoms with E-state index in [-0.39, 0.29) is 5.91 Å². The first-order chi connectivity index (χ1) is 13.6. The van der Waals surface area contributed by atoms with Crippen LogP contribution in [0.2, 0.25) is 0 Å². The lowest BCUT2D eigenvalue weighted by Crippen LogP contribution is -2.33. The van der Waals surface area contributed by atoms with Crippen molar-refractivity contribution in [3.63, 3.8) is 0 Å². The number of nitrogens with one attached hydrogen (secondary N) is 1. The van der Waals surface area contributed by atoms with Crippen LogP contribution < -0.4 is 19.7 Å². The summed E-state index contributed by atoms with van der Waals surface area (Å²) in [5.41, 5.74) is 3.33. The van der Waals surface area contributed by atoms with Crippen molar-refractivity contribution in [2.45, 2.75) is 39.7 Å². The van der Waals surface area contributed by atoms with Crippen molar-refractivity contribution >= 4 is 11.6 Å². The lowest BCUT2D eigenvalue weighted by molar-refractivity contribution is 0.0953. The Morgan fingerprint density at radius 3 is 2.64 bits per heavy atom. The van der Waals surface area contributed by atoms with Crippen molar-refractivity contribution in [3.05, 3.63) is 53.6 Å². The van der Waals surface area contributed by atoms with Gasteiger partial charge in [-0.15, -0.1) is 0 Å². The van der Waals surface area contributed by atoms with E-state index in [0.717, 1.165) is 19.4 Å². The predicted octanol–water partition coefficient (Wildman–Crippen LogP) is 4.06. The van der Waals surface area contributed by atoms with Crippen molar-refractivity contribution < 1.29 is 14.3 Å². The van der Waals surface area contributed by atoms with Gasteiger partial charge in [0.2, 0.25) is 0 Å². The van der Waals surface area contributed by atoms with Gasteiger partial charge in [0.15, 0.2) is 11.5 Å². The molecule has 0 fully saturated rings. The van der Waals surface area contributed by atoms with Gasteiger partial charge in [-0.25, -0.2) is 0 Å². The van der Waals surface area contributed by atoms with E-state index in [9.17, 15) is 4.79 Å². The zero-order chi connectivity index (χ0) is 19.9. The van der Waals surface area contributed by atoms with Crippen LogP contribution in [-0.2, 0) is 6.42 Å². The van der Waals surface area contributed by atoms with Gasteiger partial charge >= 0.3 is 0 Å². The summed E-state index contributed by atoms with van der Waals surface area (Å²) in [5, 5.41) is 3.02.